The number of carbonyl (C=O) groups is 2. The lowest BCUT2D eigenvalue weighted by Crippen LogP contribution is -2.46. The van der Waals surface area contributed by atoms with Crippen molar-refractivity contribution < 1.29 is 27.8 Å². The maximum Gasteiger partial charge on any atom is 0.338 e. The quantitative estimate of drug-likeness (QED) is 0.639. The van der Waals surface area contributed by atoms with Crippen molar-refractivity contribution in [3.63, 3.8) is 0 Å². The number of hydrogen-bond donors (Lipinski definition) is 2. The van der Waals surface area contributed by atoms with E-state index < -0.39 is 35.2 Å². The Hall–Kier alpha value is -2.48. The first-order valence-corrected chi connectivity index (χ1v) is 6.84. The lowest BCUT2D eigenvalue weighted by molar-refractivity contribution is -0.140. The zero-order chi connectivity index (χ0) is 17.0. The first-order chi connectivity index (χ1) is 11.0. The Balaban J connectivity index is 2.40. The average Bonchev–Trinajstić information content (AvgIpc) is 2.46. The molecule has 0 fully saturated rings. The summed E-state index contributed by atoms with van der Waals surface area (Å²) in [6.07, 6.45) is 0. The number of amides is 2. The van der Waals surface area contributed by atoms with Crippen LogP contribution < -0.4 is 10.6 Å². The maximum absolute atomic E-state index is 14.0. The van der Waals surface area contributed by atoms with E-state index in [2.05, 4.69) is 10.6 Å². The van der Waals surface area contributed by atoms with Crippen LogP contribution in [0.2, 0.25) is 0 Å². The summed E-state index contributed by atoms with van der Waals surface area (Å²) in [6.45, 7) is 1.61. The van der Waals surface area contributed by atoms with E-state index in [1.54, 1.807) is 0 Å². The molecule has 0 spiro atoms. The molecule has 2 amide bonds. The van der Waals surface area contributed by atoms with Gasteiger partial charge in [-0.05, 0) is 19.1 Å². The maximum atomic E-state index is 14.0. The minimum absolute atomic E-state index is 0.0213. The Morgan fingerprint density at radius 3 is 2.52 bits per heavy atom. The molecular weight excluding hydrogens is 310 g/mol. The highest BCUT2D eigenvalue weighted by molar-refractivity contribution is 5.95. The van der Waals surface area contributed by atoms with Crippen LogP contribution in [-0.4, -0.2) is 32.3 Å². The van der Waals surface area contributed by atoms with Crippen molar-refractivity contribution in [3.05, 3.63) is 46.7 Å². The van der Waals surface area contributed by atoms with Crippen LogP contribution in [-0.2, 0) is 14.3 Å². The molecule has 0 unspecified atom stereocenters. The molecule has 0 aliphatic carbocycles. The number of methoxy groups -OCH3 is 1. The van der Waals surface area contributed by atoms with Crippen molar-refractivity contribution in [1.82, 2.24) is 10.6 Å². The van der Waals surface area contributed by atoms with Gasteiger partial charge in [0.15, 0.2) is 0 Å². The van der Waals surface area contributed by atoms with Crippen LogP contribution in [0.4, 0.5) is 13.6 Å². The summed E-state index contributed by atoms with van der Waals surface area (Å²) in [5, 5.41) is 4.74. The lowest BCUT2D eigenvalue weighted by atomic mass is 9.94. The third-order valence-corrected chi connectivity index (χ3v) is 3.30. The summed E-state index contributed by atoms with van der Waals surface area (Å²) < 4.78 is 37.8. The van der Waals surface area contributed by atoms with E-state index in [0.29, 0.717) is 0 Å². The molecule has 8 heteroatoms. The Labute approximate surface area is 131 Å². The number of urea groups is 1. The molecule has 0 saturated carbocycles. The van der Waals surface area contributed by atoms with Crippen molar-refractivity contribution >= 4 is 12.0 Å². The summed E-state index contributed by atoms with van der Waals surface area (Å²) in [7, 11) is 1.44. The van der Waals surface area contributed by atoms with E-state index in [-0.39, 0.29) is 24.5 Å². The summed E-state index contributed by atoms with van der Waals surface area (Å²) in [4.78, 5) is 23.9. The van der Waals surface area contributed by atoms with Gasteiger partial charge in [0, 0.05) is 12.8 Å². The van der Waals surface area contributed by atoms with Crippen molar-refractivity contribution in [2.45, 2.75) is 13.0 Å². The molecule has 23 heavy (non-hydrogen) atoms. The predicted octanol–water partition coefficient (Wildman–Crippen LogP) is 1.78. The van der Waals surface area contributed by atoms with Crippen LogP contribution in [0.5, 0.6) is 0 Å². The zero-order valence-electron chi connectivity index (χ0n) is 12.6. The Morgan fingerprint density at radius 1 is 1.26 bits per heavy atom. The second kappa shape index (κ2) is 7.19. The number of rotatable bonds is 5. The zero-order valence-corrected chi connectivity index (χ0v) is 12.6. The highest BCUT2D eigenvalue weighted by Crippen LogP contribution is 2.31. The van der Waals surface area contributed by atoms with Crippen LogP contribution >= 0.6 is 0 Å². The van der Waals surface area contributed by atoms with Gasteiger partial charge in [-0.2, -0.15) is 0 Å². The lowest BCUT2D eigenvalue weighted by Gasteiger charge is -2.28. The summed E-state index contributed by atoms with van der Waals surface area (Å²) in [5.74, 6) is -2.53. The average molecular weight is 326 g/mol. The Kier molecular flexibility index (Phi) is 5.28. The van der Waals surface area contributed by atoms with Gasteiger partial charge in [0.1, 0.15) is 18.2 Å². The molecule has 1 heterocycles. The molecule has 1 aromatic rings. The first-order valence-electron chi connectivity index (χ1n) is 6.84. The van der Waals surface area contributed by atoms with Gasteiger partial charge in [-0.3, -0.25) is 0 Å². The molecule has 0 radical (unpaired) electrons. The minimum Gasteiger partial charge on any atom is -0.460 e. The fraction of sp³-hybridized carbons (Fsp3) is 0.333. The second-order valence-corrected chi connectivity index (χ2v) is 4.83. The van der Waals surface area contributed by atoms with Gasteiger partial charge in [0.25, 0.3) is 0 Å². The number of allylic oxidation sites excluding steroid dienone is 1. The molecule has 1 aliphatic heterocycles. The number of nitrogens with one attached hydrogen (secondary N) is 2. The minimum atomic E-state index is -1.28. The number of ether oxygens (including phenoxy) is 2. The molecule has 124 valence electrons. The van der Waals surface area contributed by atoms with Gasteiger partial charge in [-0.1, -0.05) is 6.07 Å². The van der Waals surface area contributed by atoms with E-state index in [1.807, 2.05) is 0 Å². The van der Waals surface area contributed by atoms with E-state index in [0.717, 1.165) is 12.1 Å². The van der Waals surface area contributed by atoms with Gasteiger partial charge >= 0.3 is 12.0 Å². The molecule has 0 saturated heterocycles. The fourth-order valence-electron chi connectivity index (χ4n) is 2.26. The normalized spacial score (nSPS) is 17.6. The SMILES string of the molecule is COCCOC(=O)C1=C(C)NC(=O)N[C@H]1c1c(F)cccc1F. The van der Waals surface area contributed by atoms with Gasteiger partial charge in [-0.15, -0.1) is 0 Å². The van der Waals surface area contributed by atoms with Crippen molar-refractivity contribution in [1.29, 1.82) is 0 Å². The molecule has 2 N–H and O–H groups in total. The Bertz CT molecular complexity index is 641. The van der Waals surface area contributed by atoms with Crippen LogP contribution in [0, 0.1) is 11.6 Å². The van der Waals surface area contributed by atoms with Crippen LogP contribution in [0.3, 0.4) is 0 Å². The predicted molar refractivity (Wildman–Crippen MR) is 76.3 cm³/mol. The number of benzene rings is 1. The van der Waals surface area contributed by atoms with Crippen LogP contribution in [0.25, 0.3) is 0 Å². The van der Waals surface area contributed by atoms with Crippen molar-refractivity contribution in [3.8, 4) is 0 Å². The standard InChI is InChI=1S/C15H16F2N2O4/c1-8-11(14(20)23-7-6-22-2)13(19-15(21)18-8)12-9(16)4-3-5-10(12)17/h3-5,13H,6-7H2,1-2H3,(H2,18,19,21)/t13-/m1/s1. The van der Waals surface area contributed by atoms with Crippen molar-refractivity contribution in [2.75, 3.05) is 20.3 Å². The molecule has 0 bridgehead atoms. The van der Waals surface area contributed by atoms with Crippen LogP contribution in [0.15, 0.2) is 29.5 Å². The Morgan fingerprint density at radius 2 is 1.91 bits per heavy atom. The highest BCUT2D eigenvalue weighted by Gasteiger charge is 2.35. The molecule has 1 aromatic carbocycles. The number of hydrogen-bond acceptors (Lipinski definition) is 4. The number of carbonyl (C=O) groups excluding carboxylic acids is 2. The molecule has 6 nitrogen and oxygen atoms in total. The van der Waals surface area contributed by atoms with Gasteiger partial charge in [0.2, 0.25) is 0 Å². The van der Waals surface area contributed by atoms with E-state index >= 15 is 0 Å². The summed E-state index contributed by atoms with van der Waals surface area (Å²) in [5.41, 5.74) is -0.311. The molecule has 2 rings (SSSR count). The molecule has 1 aliphatic rings. The monoisotopic (exact) mass is 326 g/mol. The van der Waals surface area contributed by atoms with Gasteiger partial charge in [-0.25, -0.2) is 18.4 Å². The smallest absolute Gasteiger partial charge is 0.338 e. The number of halogens is 2. The van der Waals surface area contributed by atoms with Crippen LogP contribution in [0.1, 0.15) is 18.5 Å². The topological polar surface area (TPSA) is 76.7 Å². The van der Waals surface area contributed by atoms with E-state index in [4.69, 9.17) is 9.47 Å². The first kappa shape index (κ1) is 16.9. The fourth-order valence-corrected chi connectivity index (χ4v) is 2.26. The third-order valence-electron chi connectivity index (χ3n) is 3.30. The largest absolute Gasteiger partial charge is 0.460 e. The van der Waals surface area contributed by atoms with E-state index in [9.17, 15) is 18.4 Å². The molecule has 0 aromatic heterocycles. The highest BCUT2D eigenvalue weighted by atomic mass is 19.1. The van der Waals surface area contributed by atoms with Gasteiger partial charge in [0.05, 0.1) is 23.8 Å². The van der Waals surface area contributed by atoms with E-state index in [1.165, 1.54) is 20.1 Å². The number of esters is 1. The molecular formula is C15H16F2N2O4. The second-order valence-electron chi connectivity index (χ2n) is 4.83. The summed E-state index contributed by atoms with van der Waals surface area (Å²) in [6, 6.07) is 1.36. The van der Waals surface area contributed by atoms with Crippen molar-refractivity contribution in [2.24, 2.45) is 0 Å². The van der Waals surface area contributed by atoms with Gasteiger partial charge < -0.3 is 20.1 Å². The summed E-state index contributed by atoms with van der Waals surface area (Å²) >= 11 is 0. The third kappa shape index (κ3) is 3.65. The molecule has 1 atom stereocenters.